The van der Waals surface area contributed by atoms with Gasteiger partial charge in [-0.05, 0) is 93.7 Å². The summed E-state index contributed by atoms with van der Waals surface area (Å²) in [6.45, 7) is 0.0769. The van der Waals surface area contributed by atoms with E-state index in [9.17, 15) is 0 Å². The lowest BCUT2D eigenvalue weighted by atomic mass is 9.33. The first kappa shape index (κ1) is 29.0. The number of benzene rings is 8. The van der Waals surface area contributed by atoms with Crippen LogP contribution in [0, 0.1) is 0 Å². The molecule has 8 aromatic carbocycles. The van der Waals surface area contributed by atoms with Crippen LogP contribution in [0.3, 0.4) is 0 Å². The minimum atomic E-state index is 0.0769. The van der Waals surface area contributed by atoms with Gasteiger partial charge >= 0.3 is 0 Å². The molecule has 0 saturated heterocycles. The number of hydrogen-bond donors (Lipinski definition) is 0. The fourth-order valence-electron chi connectivity index (χ4n) is 8.62. The van der Waals surface area contributed by atoms with Gasteiger partial charge in [0.1, 0.15) is 11.2 Å². The van der Waals surface area contributed by atoms with E-state index < -0.39 is 0 Å². The summed E-state index contributed by atoms with van der Waals surface area (Å²) in [7, 11) is 0. The summed E-state index contributed by atoms with van der Waals surface area (Å²) in [5.74, 6) is 0. The topological polar surface area (TPSA) is 19.6 Å². The molecule has 52 heavy (non-hydrogen) atoms. The first-order chi connectivity index (χ1) is 25.8. The highest BCUT2D eigenvalue weighted by molar-refractivity contribution is 7.00. The molecule has 0 bridgehead atoms. The Morgan fingerprint density at radius 1 is 0.385 bits per heavy atom. The minimum Gasteiger partial charge on any atom is -0.456 e. The van der Waals surface area contributed by atoms with Crippen LogP contribution >= 0.6 is 0 Å². The number of hydrogen-bond acceptors (Lipinski definition) is 3. The SMILES string of the molecule is c1ccc(N2c3ccccc3B3c4cccc(-c5ccc(-c6ccc7oc8ccccc8c7c6)cc5)c4N(c4ccccc4)c4cccc2c43)cc1. The van der Waals surface area contributed by atoms with E-state index in [1.54, 1.807) is 0 Å². The molecule has 0 saturated carbocycles. The van der Waals surface area contributed by atoms with Crippen LogP contribution in [0.15, 0.2) is 192 Å². The maximum absolute atomic E-state index is 6.12. The van der Waals surface area contributed by atoms with Crippen molar-refractivity contribution in [2.75, 3.05) is 9.80 Å². The van der Waals surface area contributed by atoms with Crippen molar-refractivity contribution in [3.8, 4) is 22.3 Å². The Labute approximate surface area is 302 Å². The van der Waals surface area contributed by atoms with Crippen LogP contribution in [0.25, 0.3) is 44.2 Å². The van der Waals surface area contributed by atoms with Gasteiger partial charge in [0.05, 0.1) is 0 Å². The van der Waals surface area contributed by atoms with Crippen LogP contribution in [0.5, 0.6) is 0 Å². The van der Waals surface area contributed by atoms with Gasteiger partial charge in [-0.1, -0.05) is 127 Å². The summed E-state index contributed by atoms with van der Waals surface area (Å²) in [5.41, 5.74) is 17.7. The number of rotatable bonds is 4. The third kappa shape index (κ3) is 4.28. The summed E-state index contributed by atoms with van der Waals surface area (Å²) in [6, 6.07) is 68.0. The molecule has 0 N–H and O–H groups in total. The van der Waals surface area contributed by atoms with Crippen molar-refractivity contribution in [2.45, 2.75) is 0 Å². The number of anilines is 6. The molecule has 2 aliphatic rings. The smallest absolute Gasteiger partial charge is 0.252 e. The summed E-state index contributed by atoms with van der Waals surface area (Å²) in [4.78, 5) is 4.92. The zero-order chi connectivity index (χ0) is 34.2. The number of para-hydroxylation sites is 5. The molecular formula is C48H31BN2O. The third-order valence-corrected chi connectivity index (χ3v) is 10.9. The third-order valence-electron chi connectivity index (χ3n) is 10.9. The maximum Gasteiger partial charge on any atom is 0.252 e. The Balaban J connectivity index is 1.10. The fourth-order valence-corrected chi connectivity index (χ4v) is 8.62. The second kappa shape index (κ2) is 11.4. The van der Waals surface area contributed by atoms with Crippen LogP contribution in [-0.4, -0.2) is 6.71 Å². The van der Waals surface area contributed by atoms with Gasteiger partial charge in [0.25, 0.3) is 6.71 Å². The van der Waals surface area contributed by atoms with Crippen LogP contribution in [-0.2, 0) is 0 Å². The molecule has 2 aliphatic heterocycles. The van der Waals surface area contributed by atoms with E-state index in [1.807, 2.05) is 12.1 Å². The second-order valence-electron chi connectivity index (χ2n) is 13.7. The molecule has 3 heterocycles. The number of nitrogens with zero attached hydrogens (tertiary/aromatic N) is 2. The molecule has 0 aliphatic carbocycles. The van der Waals surface area contributed by atoms with Gasteiger partial charge in [0, 0.05) is 50.5 Å². The molecule has 0 fully saturated rings. The summed E-state index contributed by atoms with van der Waals surface area (Å²) in [5, 5.41) is 2.29. The molecular weight excluding hydrogens is 631 g/mol. The molecule has 11 rings (SSSR count). The Morgan fingerprint density at radius 3 is 1.77 bits per heavy atom. The van der Waals surface area contributed by atoms with Crippen molar-refractivity contribution >= 4 is 79.2 Å². The molecule has 4 heteroatoms. The molecule has 0 unspecified atom stereocenters. The zero-order valence-corrected chi connectivity index (χ0v) is 28.3. The molecule has 0 amide bonds. The predicted molar refractivity (Wildman–Crippen MR) is 219 cm³/mol. The average Bonchev–Trinajstić information content (AvgIpc) is 3.59. The summed E-state index contributed by atoms with van der Waals surface area (Å²) in [6.07, 6.45) is 0. The van der Waals surface area contributed by atoms with Gasteiger partial charge in [0.15, 0.2) is 0 Å². The monoisotopic (exact) mass is 662 g/mol. The van der Waals surface area contributed by atoms with Crippen LogP contribution in [0.1, 0.15) is 0 Å². The van der Waals surface area contributed by atoms with E-state index in [4.69, 9.17) is 4.42 Å². The van der Waals surface area contributed by atoms with E-state index in [0.29, 0.717) is 0 Å². The van der Waals surface area contributed by atoms with Gasteiger partial charge in [-0.25, -0.2) is 0 Å². The average molecular weight is 663 g/mol. The highest BCUT2D eigenvalue weighted by Gasteiger charge is 2.43. The number of fused-ring (bicyclic) bond motifs is 7. The fraction of sp³-hybridized carbons (Fsp3) is 0. The van der Waals surface area contributed by atoms with Gasteiger partial charge in [0.2, 0.25) is 0 Å². The van der Waals surface area contributed by atoms with Crippen LogP contribution in [0.2, 0.25) is 0 Å². The first-order valence-corrected chi connectivity index (χ1v) is 17.9. The normalized spacial score (nSPS) is 12.9. The highest BCUT2D eigenvalue weighted by atomic mass is 16.3. The van der Waals surface area contributed by atoms with Crippen LogP contribution in [0.4, 0.5) is 34.1 Å². The van der Waals surface area contributed by atoms with Gasteiger partial charge < -0.3 is 14.2 Å². The predicted octanol–water partition coefficient (Wildman–Crippen LogP) is 11.0. The Hall–Kier alpha value is -6.78. The molecule has 9 aromatic rings. The quantitative estimate of drug-likeness (QED) is 0.175. The lowest BCUT2D eigenvalue weighted by Crippen LogP contribution is -2.61. The van der Waals surface area contributed by atoms with Crippen LogP contribution < -0.4 is 26.2 Å². The Morgan fingerprint density at radius 2 is 0.962 bits per heavy atom. The second-order valence-corrected chi connectivity index (χ2v) is 13.7. The summed E-state index contributed by atoms with van der Waals surface area (Å²) >= 11 is 0. The standard InChI is InChI=1S/C48H31BN2O/c1-3-13-35(14-4-1)50-42-21-9-8-19-40(42)49-41-20-11-18-37(48(41)51(36-15-5-2-6-16-36)44-23-12-22-43(50)47(44)49)33-27-25-32(26-28-33)34-29-30-46-39(31-34)38-17-7-10-24-45(38)52-46/h1-31H. The molecule has 0 atom stereocenters. The van der Waals surface area contributed by atoms with E-state index >= 15 is 0 Å². The van der Waals surface area contributed by atoms with E-state index in [1.165, 1.54) is 61.4 Å². The van der Waals surface area contributed by atoms with E-state index in [0.717, 1.165) is 33.3 Å². The number of furan rings is 1. The highest BCUT2D eigenvalue weighted by Crippen LogP contribution is 2.46. The molecule has 242 valence electrons. The minimum absolute atomic E-state index is 0.0769. The van der Waals surface area contributed by atoms with E-state index in [2.05, 4.69) is 186 Å². The van der Waals surface area contributed by atoms with E-state index in [-0.39, 0.29) is 6.71 Å². The lowest BCUT2D eigenvalue weighted by molar-refractivity contribution is 0.669. The molecule has 0 radical (unpaired) electrons. The zero-order valence-electron chi connectivity index (χ0n) is 28.3. The summed E-state index contributed by atoms with van der Waals surface area (Å²) < 4.78 is 6.12. The molecule has 1 aromatic heterocycles. The first-order valence-electron chi connectivity index (χ1n) is 17.9. The van der Waals surface area contributed by atoms with Crippen molar-refractivity contribution in [3.63, 3.8) is 0 Å². The van der Waals surface area contributed by atoms with Crippen molar-refractivity contribution in [2.24, 2.45) is 0 Å². The molecule has 0 spiro atoms. The van der Waals surface area contributed by atoms with Gasteiger partial charge in [-0.15, -0.1) is 0 Å². The maximum atomic E-state index is 6.12. The van der Waals surface area contributed by atoms with Gasteiger partial charge in [-0.2, -0.15) is 0 Å². The van der Waals surface area contributed by atoms with Crippen molar-refractivity contribution in [1.29, 1.82) is 0 Å². The molecule has 3 nitrogen and oxygen atoms in total. The Kier molecular flexibility index (Phi) is 6.35. The Bertz CT molecular complexity index is 2810. The van der Waals surface area contributed by atoms with Gasteiger partial charge in [-0.3, -0.25) is 0 Å². The lowest BCUT2D eigenvalue weighted by Gasteiger charge is -2.44. The van der Waals surface area contributed by atoms with Crippen molar-refractivity contribution in [1.82, 2.24) is 0 Å². The van der Waals surface area contributed by atoms with Crippen molar-refractivity contribution < 1.29 is 4.42 Å². The largest absolute Gasteiger partial charge is 0.456 e. The van der Waals surface area contributed by atoms with Crippen molar-refractivity contribution in [3.05, 3.63) is 188 Å².